The normalized spacial score (nSPS) is 17.6. The van der Waals surface area contributed by atoms with E-state index in [-0.39, 0.29) is 18.2 Å². The van der Waals surface area contributed by atoms with E-state index in [4.69, 9.17) is 9.84 Å². The maximum absolute atomic E-state index is 11.9. The van der Waals surface area contributed by atoms with Crippen molar-refractivity contribution in [3.8, 4) is 0 Å². The van der Waals surface area contributed by atoms with Gasteiger partial charge in [0, 0.05) is 32.1 Å². The summed E-state index contributed by atoms with van der Waals surface area (Å²) in [6.07, 6.45) is 5.50. The molecule has 1 aliphatic heterocycles. The third kappa shape index (κ3) is 6.89. The number of carbonyl (C=O) groups excluding carboxylic acids is 1. The Hall–Kier alpha value is -1.10. The van der Waals surface area contributed by atoms with Gasteiger partial charge in [0.1, 0.15) is 0 Å². The number of nitrogens with one attached hydrogen (secondary N) is 1. The summed E-state index contributed by atoms with van der Waals surface area (Å²) in [5.41, 5.74) is 0. The molecule has 1 unspecified atom stereocenters. The lowest BCUT2D eigenvalue weighted by Gasteiger charge is -2.22. The summed E-state index contributed by atoms with van der Waals surface area (Å²) in [6, 6.07) is 0. The second-order valence-electron chi connectivity index (χ2n) is 5.55. The summed E-state index contributed by atoms with van der Waals surface area (Å²) in [6.45, 7) is 4.11. The zero-order valence-corrected chi connectivity index (χ0v) is 12.4. The number of amides is 1. The van der Waals surface area contributed by atoms with E-state index in [1.807, 2.05) is 0 Å². The van der Waals surface area contributed by atoms with Gasteiger partial charge in [-0.25, -0.2) is 0 Å². The summed E-state index contributed by atoms with van der Waals surface area (Å²) in [5.74, 6) is -0.127. The molecule has 1 aliphatic rings. The monoisotopic (exact) mass is 285 g/mol. The van der Waals surface area contributed by atoms with Gasteiger partial charge in [-0.05, 0) is 31.6 Å². The number of carboxylic acids is 1. The van der Waals surface area contributed by atoms with E-state index in [0.717, 1.165) is 32.1 Å². The lowest BCUT2D eigenvalue weighted by molar-refractivity contribution is -0.137. The maximum atomic E-state index is 11.9. The first-order valence-electron chi connectivity index (χ1n) is 7.70. The van der Waals surface area contributed by atoms with Gasteiger partial charge in [-0.3, -0.25) is 9.59 Å². The molecular formula is C15H27NO4. The molecule has 1 atom stereocenters. The van der Waals surface area contributed by atoms with Crippen LogP contribution in [0.1, 0.15) is 51.9 Å². The zero-order valence-electron chi connectivity index (χ0n) is 12.4. The Labute approximate surface area is 121 Å². The Balaban J connectivity index is 2.21. The zero-order chi connectivity index (χ0) is 14.8. The number of carbonyl (C=O) groups is 2. The predicted octanol–water partition coefficient (Wildman–Crippen LogP) is 2.20. The first-order chi connectivity index (χ1) is 9.63. The van der Waals surface area contributed by atoms with E-state index >= 15 is 0 Å². The lowest BCUT2D eigenvalue weighted by atomic mass is 9.94. The third-order valence-corrected chi connectivity index (χ3v) is 3.91. The molecule has 0 spiro atoms. The van der Waals surface area contributed by atoms with Crippen LogP contribution in [0.5, 0.6) is 0 Å². The molecule has 0 aromatic carbocycles. The number of hydrogen-bond donors (Lipinski definition) is 2. The average Bonchev–Trinajstić information content (AvgIpc) is 2.45. The van der Waals surface area contributed by atoms with Crippen molar-refractivity contribution in [3.05, 3.63) is 0 Å². The van der Waals surface area contributed by atoms with Gasteiger partial charge in [-0.1, -0.05) is 19.8 Å². The van der Waals surface area contributed by atoms with Crippen LogP contribution in [0.4, 0.5) is 0 Å². The highest BCUT2D eigenvalue weighted by molar-refractivity contribution is 5.78. The fourth-order valence-electron chi connectivity index (χ4n) is 2.67. The molecule has 0 radical (unpaired) electrons. The van der Waals surface area contributed by atoms with Crippen molar-refractivity contribution in [1.29, 1.82) is 0 Å². The molecule has 2 N–H and O–H groups in total. The first kappa shape index (κ1) is 17.0. The van der Waals surface area contributed by atoms with E-state index in [1.165, 1.54) is 0 Å². The van der Waals surface area contributed by atoms with E-state index in [2.05, 4.69) is 12.2 Å². The van der Waals surface area contributed by atoms with Crippen molar-refractivity contribution in [2.24, 2.45) is 11.8 Å². The number of ether oxygens (including phenoxy) is 1. The second kappa shape index (κ2) is 9.75. The van der Waals surface area contributed by atoms with Gasteiger partial charge in [0.2, 0.25) is 5.91 Å². The standard InChI is InChI=1S/C15H27NO4/c1-2-3-12(4-5-14(17)18)6-9-16-15(19)13-7-10-20-11-8-13/h12-13H,2-11H2,1H3,(H,16,19)(H,17,18). The molecule has 20 heavy (non-hydrogen) atoms. The smallest absolute Gasteiger partial charge is 0.303 e. The van der Waals surface area contributed by atoms with Crippen molar-refractivity contribution in [1.82, 2.24) is 5.32 Å². The fourth-order valence-corrected chi connectivity index (χ4v) is 2.67. The number of rotatable bonds is 9. The Morgan fingerprint density at radius 2 is 1.95 bits per heavy atom. The molecule has 5 heteroatoms. The molecule has 1 amide bonds. The highest BCUT2D eigenvalue weighted by Crippen LogP contribution is 2.18. The van der Waals surface area contributed by atoms with Crippen molar-refractivity contribution in [3.63, 3.8) is 0 Å². The van der Waals surface area contributed by atoms with E-state index in [0.29, 0.717) is 32.1 Å². The summed E-state index contributed by atoms with van der Waals surface area (Å²) in [5, 5.41) is 11.7. The number of aliphatic carboxylic acids is 1. The molecule has 0 saturated carbocycles. The molecule has 0 aromatic heterocycles. The minimum atomic E-state index is -0.739. The van der Waals surface area contributed by atoms with Crippen LogP contribution in [-0.4, -0.2) is 36.7 Å². The van der Waals surface area contributed by atoms with Crippen LogP contribution in [-0.2, 0) is 14.3 Å². The molecule has 1 rings (SSSR count). The van der Waals surface area contributed by atoms with Crippen molar-refractivity contribution in [2.75, 3.05) is 19.8 Å². The van der Waals surface area contributed by atoms with Gasteiger partial charge in [-0.15, -0.1) is 0 Å². The van der Waals surface area contributed by atoms with Crippen molar-refractivity contribution in [2.45, 2.75) is 51.9 Å². The summed E-state index contributed by atoms with van der Waals surface area (Å²) >= 11 is 0. The average molecular weight is 285 g/mol. The van der Waals surface area contributed by atoms with Crippen LogP contribution in [0.15, 0.2) is 0 Å². The third-order valence-electron chi connectivity index (χ3n) is 3.91. The molecule has 1 saturated heterocycles. The molecule has 1 heterocycles. The quantitative estimate of drug-likeness (QED) is 0.681. The molecule has 0 aromatic rings. The van der Waals surface area contributed by atoms with Gasteiger partial charge in [0.05, 0.1) is 0 Å². The van der Waals surface area contributed by atoms with Gasteiger partial charge >= 0.3 is 5.97 Å². The van der Waals surface area contributed by atoms with Crippen LogP contribution in [0.25, 0.3) is 0 Å². The summed E-state index contributed by atoms with van der Waals surface area (Å²) in [4.78, 5) is 22.6. The van der Waals surface area contributed by atoms with E-state index in [1.54, 1.807) is 0 Å². The van der Waals surface area contributed by atoms with E-state index < -0.39 is 5.97 Å². The van der Waals surface area contributed by atoms with Gasteiger partial charge in [-0.2, -0.15) is 0 Å². The fraction of sp³-hybridized carbons (Fsp3) is 0.867. The summed E-state index contributed by atoms with van der Waals surface area (Å²) in [7, 11) is 0. The topological polar surface area (TPSA) is 75.6 Å². The minimum Gasteiger partial charge on any atom is -0.481 e. The van der Waals surface area contributed by atoms with Crippen molar-refractivity contribution >= 4 is 11.9 Å². The predicted molar refractivity (Wildman–Crippen MR) is 76.4 cm³/mol. The van der Waals surface area contributed by atoms with E-state index in [9.17, 15) is 9.59 Å². The highest BCUT2D eigenvalue weighted by atomic mass is 16.5. The Morgan fingerprint density at radius 3 is 2.55 bits per heavy atom. The highest BCUT2D eigenvalue weighted by Gasteiger charge is 2.21. The number of hydrogen-bond acceptors (Lipinski definition) is 3. The molecular weight excluding hydrogens is 258 g/mol. The van der Waals surface area contributed by atoms with Crippen molar-refractivity contribution < 1.29 is 19.4 Å². The van der Waals surface area contributed by atoms with Gasteiger partial charge < -0.3 is 15.2 Å². The Kier molecular flexibility index (Phi) is 8.26. The van der Waals surface area contributed by atoms with Crippen LogP contribution in [0.3, 0.4) is 0 Å². The molecule has 116 valence electrons. The largest absolute Gasteiger partial charge is 0.481 e. The Bertz CT molecular complexity index is 300. The molecule has 0 aliphatic carbocycles. The first-order valence-corrected chi connectivity index (χ1v) is 7.70. The van der Waals surface area contributed by atoms with Gasteiger partial charge in [0.25, 0.3) is 0 Å². The SMILES string of the molecule is CCCC(CCNC(=O)C1CCOCC1)CCC(=O)O. The van der Waals surface area contributed by atoms with Crippen LogP contribution in [0.2, 0.25) is 0 Å². The second-order valence-corrected chi connectivity index (χ2v) is 5.55. The summed E-state index contributed by atoms with van der Waals surface area (Å²) < 4.78 is 5.24. The maximum Gasteiger partial charge on any atom is 0.303 e. The van der Waals surface area contributed by atoms with Gasteiger partial charge in [0.15, 0.2) is 0 Å². The minimum absolute atomic E-state index is 0.0902. The Morgan fingerprint density at radius 1 is 1.25 bits per heavy atom. The molecule has 0 bridgehead atoms. The van der Waals surface area contributed by atoms with Crippen LogP contribution >= 0.6 is 0 Å². The lowest BCUT2D eigenvalue weighted by Crippen LogP contribution is -2.35. The molecule has 5 nitrogen and oxygen atoms in total. The van der Waals surface area contributed by atoms with Crippen LogP contribution in [0, 0.1) is 11.8 Å². The van der Waals surface area contributed by atoms with Crippen LogP contribution < -0.4 is 5.32 Å². The number of carboxylic acid groups (broad SMARTS) is 1. The molecule has 1 fully saturated rings.